The van der Waals surface area contributed by atoms with Gasteiger partial charge in [-0.3, -0.25) is 4.98 Å². The van der Waals surface area contributed by atoms with Crippen molar-refractivity contribution in [2.24, 2.45) is 5.92 Å². The number of carbonyl (C=O) groups excluding carboxylic acids is 1. The second-order valence-electron chi connectivity index (χ2n) is 6.85. The third-order valence-electron chi connectivity index (χ3n) is 5.50. The number of hydrogen-bond acceptors (Lipinski definition) is 2. The zero-order valence-electron chi connectivity index (χ0n) is 13.8. The molecule has 124 valence electrons. The molecule has 2 aromatic rings. The number of likely N-dealkylation sites (tertiary alicyclic amines) is 1. The number of benzene rings is 1. The van der Waals surface area contributed by atoms with Crippen LogP contribution in [0, 0.1) is 5.92 Å². The summed E-state index contributed by atoms with van der Waals surface area (Å²) >= 11 is 0. The van der Waals surface area contributed by atoms with Gasteiger partial charge in [0.15, 0.2) is 0 Å². The number of nitrogens with zero attached hydrogens (tertiary/aromatic N) is 2. The average molecular weight is 321 g/mol. The maximum Gasteiger partial charge on any atom is 0.317 e. The second-order valence-corrected chi connectivity index (χ2v) is 6.85. The van der Waals surface area contributed by atoms with Crippen LogP contribution in [0.3, 0.4) is 0 Å². The summed E-state index contributed by atoms with van der Waals surface area (Å²) in [5, 5.41) is 3.07. The minimum absolute atomic E-state index is 0.0641. The number of nitrogens with one attached hydrogen (secondary N) is 1. The van der Waals surface area contributed by atoms with E-state index >= 15 is 0 Å². The van der Waals surface area contributed by atoms with E-state index in [1.165, 1.54) is 18.4 Å². The van der Waals surface area contributed by atoms with Gasteiger partial charge >= 0.3 is 6.03 Å². The topological polar surface area (TPSA) is 45.2 Å². The molecule has 2 heterocycles. The number of hydrogen-bond donors (Lipinski definition) is 1. The molecule has 2 amide bonds. The molecule has 3 atom stereocenters. The quantitative estimate of drug-likeness (QED) is 0.939. The number of amides is 2. The summed E-state index contributed by atoms with van der Waals surface area (Å²) in [5.41, 5.74) is 2.41. The summed E-state index contributed by atoms with van der Waals surface area (Å²) in [4.78, 5) is 18.9. The third-order valence-corrected chi connectivity index (χ3v) is 5.50. The van der Waals surface area contributed by atoms with E-state index < -0.39 is 0 Å². The van der Waals surface area contributed by atoms with Gasteiger partial charge in [0.1, 0.15) is 0 Å². The summed E-state index contributed by atoms with van der Waals surface area (Å²) in [5.74, 6) is 1.08. The lowest BCUT2D eigenvalue weighted by Crippen LogP contribution is -2.42. The van der Waals surface area contributed by atoms with Crippen molar-refractivity contribution in [2.45, 2.75) is 37.8 Å². The van der Waals surface area contributed by atoms with Crippen LogP contribution in [0.5, 0.6) is 0 Å². The Morgan fingerprint density at radius 1 is 1.17 bits per heavy atom. The van der Waals surface area contributed by atoms with Gasteiger partial charge < -0.3 is 10.2 Å². The van der Waals surface area contributed by atoms with Gasteiger partial charge in [-0.2, -0.15) is 0 Å². The molecule has 2 fully saturated rings. The highest BCUT2D eigenvalue weighted by Gasteiger charge is 2.46. The van der Waals surface area contributed by atoms with E-state index in [9.17, 15) is 4.79 Å². The standard InChI is InChI=1S/C20H23N3O/c24-20(22-13-15-6-5-11-21-12-15)23-14-18(16-7-2-1-3-8-16)17-9-4-10-19(17)23/h1-3,5-8,11-12,17-19H,4,9-10,13-14H2,(H,22,24). The van der Waals surface area contributed by atoms with Crippen molar-refractivity contribution in [3.63, 3.8) is 0 Å². The van der Waals surface area contributed by atoms with Crippen molar-refractivity contribution in [2.75, 3.05) is 6.54 Å². The molecule has 2 aliphatic rings. The summed E-state index contributed by atoms with van der Waals surface area (Å²) in [6.07, 6.45) is 7.14. The molecule has 24 heavy (non-hydrogen) atoms. The van der Waals surface area contributed by atoms with Crippen LogP contribution in [-0.4, -0.2) is 28.5 Å². The third kappa shape index (κ3) is 2.88. The monoisotopic (exact) mass is 321 g/mol. The molecule has 4 heteroatoms. The van der Waals surface area contributed by atoms with Crippen molar-refractivity contribution in [1.29, 1.82) is 0 Å². The first kappa shape index (κ1) is 15.2. The Balaban J connectivity index is 1.46. The lowest BCUT2D eigenvalue weighted by Gasteiger charge is -2.24. The van der Waals surface area contributed by atoms with Crippen LogP contribution in [-0.2, 0) is 6.54 Å². The molecular weight excluding hydrogens is 298 g/mol. The van der Waals surface area contributed by atoms with Crippen LogP contribution in [0.1, 0.15) is 36.3 Å². The summed E-state index contributed by atoms with van der Waals surface area (Å²) < 4.78 is 0. The predicted molar refractivity (Wildman–Crippen MR) is 93.5 cm³/mol. The number of pyridine rings is 1. The fourth-order valence-corrected chi connectivity index (χ4v) is 4.38. The molecule has 1 aromatic carbocycles. The van der Waals surface area contributed by atoms with E-state index in [-0.39, 0.29) is 6.03 Å². The van der Waals surface area contributed by atoms with Gasteiger partial charge in [0.2, 0.25) is 0 Å². The molecule has 4 nitrogen and oxygen atoms in total. The van der Waals surface area contributed by atoms with Crippen LogP contribution >= 0.6 is 0 Å². The van der Waals surface area contributed by atoms with Crippen molar-refractivity contribution in [1.82, 2.24) is 15.2 Å². The Labute approximate surface area is 142 Å². The Hall–Kier alpha value is -2.36. The minimum Gasteiger partial charge on any atom is -0.334 e. The number of aromatic nitrogens is 1. The molecule has 1 saturated heterocycles. The first-order valence-corrected chi connectivity index (χ1v) is 8.81. The van der Waals surface area contributed by atoms with Gasteiger partial charge in [0.25, 0.3) is 0 Å². The van der Waals surface area contributed by atoms with Crippen LogP contribution in [0.2, 0.25) is 0 Å². The second kappa shape index (κ2) is 6.63. The molecular formula is C20H23N3O. The molecule has 4 rings (SSSR count). The number of carbonyl (C=O) groups is 1. The van der Waals surface area contributed by atoms with E-state index in [1.807, 2.05) is 12.1 Å². The van der Waals surface area contributed by atoms with E-state index in [2.05, 4.69) is 45.5 Å². The smallest absolute Gasteiger partial charge is 0.317 e. The van der Waals surface area contributed by atoms with Crippen LogP contribution in [0.15, 0.2) is 54.9 Å². The maximum absolute atomic E-state index is 12.7. The van der Waals surface area contributed by atoms with Crippen molar-refractivity contribution in [3.05, 3.63) is 66.0 Å². The van der Waals surface area contributed by atoms with Crippen molar-refractivity contribution >= 4 is 6.03 Å². The Morgan fingerprint density at radius 2 is 2.04 bits per heavy atom. The molecule has 1 saturated carbocycles. The van der Waals surface area contributed by atoms with Gasteiger partial charge in [0, 0.05) is 37.4 Å². The van der Waals surface area contributed by atoms with Crippen LogP contribution in [0.25, 0.3) is 0 Å². The molecule has 1 aliphatic carbocycles. The lowest BCUT2D eigenvalue weighted by molar-refractivity contribution is 0.189. The molecule has 1 N–H and O–H groups in total. The van der Waals surface area contributed by atoms with E-state index in [0.717, 1.165) is 18.5 Å². The molecule has 0 bridgehead atoms. The number of urea groups is 1. The molecule has 0 radical (unpaired) electrons. The number of rotatable bonds is 3. The Morgan fingerprint density at radius 3 is 2.83 bits per heavy atom. The van der Waals surface area contributed by atoms with E-state index in [0.29, 0.717) is 24.4 Å². The molecule has 3 unspecified atom stereocenters. The average Bonchev–Trinajstić information content (AvgIpc) is 3.24. The first-order chi connectivity index (χ1) is 11.8. The maximum atomic E-state index is 12.7. The predicted octanol–water partition coefficient (Wildman–Crippen LogP) is 3.56. The molecule has 0 spiro atoms. The zero-order chi connectivity index (χ0) is 16.4. The summed E-state index contributed by atoms with van der Waals surface area (Å²) in [6.45, 7) is 1.37. The summed E-state index contributed by atoms with van der Waals surface area (Å²) in [6, 6.07) is 15.0. The Bertz CT molecular complexity index is 689. The van der Waals surface area contributed by atoms with Gasteiger partial charge in [0.05, 0.1) is 0 Å². The van der Waals surface area contributed by atoms with Crippen molar-refractivity contribution < 1.29 is 4.79 Å². The van der Waals surface area contributed by atoms with Gasteiger partial charge in [-0.25, -0.2) is 4.79 Å². The molecule has 1 aromatic heterocycles. The summed E-state index contributed by atoms with van der Waals surface area (Å²) in [7, 11) is 0. The fraction of sp³-hybridized carbons (Fsp3) is 0.400. The van der Waals surface area contributed by atoms with Gasteiger partial charge in [-0.15, -0.1) is 0 Å². The first-order valence-electron chi connectivity index (χ1n) is 8.81. The fourth-order valence-electron chi connectivity index (χ4n) is 4.38. The van der Waals surface area contributed by atoms with Crippen molar-refractivity contribution in [3.8, 4) is 0 Å². The lowest BCUT2D eigenvalue weighted by atomic mass is 9.87. The van der Waals surface area contributed by atoms with E-state index in [1.54, 1.807) is 12.4 Å². The Kier molecular flexibility index (Phi) is 4.20. The minimum atomic E-state index is 0.0641. The highest BCUT2D eigenvalue weighted by molar-refractivity contribution is 5.75. The largest absolute Gasteiger partial charge is 0.334 e. The van der Waals surface area contributed by atoms with Gasteiger partial charge in [-0.05, 0) is 36.0 Å². The van der Waals surface area contributed by atoms with Crippen LogP contribution < -0.4 is 5.32 Å². The number of fused-ring (bicyclic) bond motifs is 1. The van der Waals surface area contributed by atoms with E-state index in [4.69, 9.17) is 0 Å². The normalized spacial score (nSPS) is 25.5. The zero-order valence-corrected chi connectivity index (χ0v) is 13.8. The highest BCUT2D eigenvalue weighted by Crippen LogP contribution is 2.46. The molecule has 1 aliphatic heterocycles. The van der Waals surface area contributed by atoms with Crippen LogP contribution in [0.4, 0.5) is 4.79 Å². The van der Waals surface area contributed by atoms with Gasteiger partial charge in [-0.1, -0.05) is 42.8 Å². The SMILES string of the molecule is O=C(NCc1cccnc1)N1CC(c2ccccc2)C2CCCC21. The highest BCUT2D eigenvalue weighted by atomic mass is 16.2.